The molecule has 0 N–H and O–H groups in total. The summed E-state index contributed by atoms with van der Waals surface area (Å²) in [6, 6.07) is 2.61. The molecule has 0 saturated carbocycles. The van der Waals surface area contributed by atoms with Crippen molar-refractivity contribution in [1.82, 2.24) is 4.90 Å². The highest BCUT2D eigenvalue weighted by Gasteiger charge is 2.47. The average Bonchev–Trinajstić information content (AvgIpc) is 2.58. The van der Waals surface area contributed by atoms with Crippen LogP contribution in [0.5, 0.6) is 0 Å². The van der Waals surface area contributed by atoms with Crippen LogP contribution in [0.4, 0.5) is 0 Å². The van der Waals surface area contributed by atoms with Crippen molar-refractivity contribution in [2.75, 3.05) is 0 Å². The smallest absolute Gasteiger partial charge is 0.0133 e. The molecule has 2 bridgehead atoms. The molecule has 0 spiro atoms. The summed E-state index contributed by atoms with van der Waals surface area (Å²) >= 11 is 0. The first kappa shape index (κ1) is 9.51. The van der Waals surface area contributed by atoms with Crippen molar-refractivity contribution in [2.45, 2.75) is 65.1 Å². The molecule has 2 aliphatic rings. The SMILES string of the molecule is CC(C)C1C[C@H]2CC[C@@H]1N2C(C)C. The predicted molar refractivity (Wildman–Crippen MR) is 56.7 cm³/mol. The molecule has 2 rings (SSSR count). The first-order valence-corrected chi connectivity index (χ1v) is 5.88. The number of fused-ring (bicyclic) bond motifs is 2. The van der Waals surface area contributed by atoms with Gasteiger partial charge in [0.1, 0.15) is 0 Å². The predicted octanol–water partition coefficient (Wildman–Crippen LogP) is 2.90. The van der Waals surface area contributed by atoms with Crippen LogP contribution in [0, 0.1) is 11.8 Å². The van der Waals surface area contributed by atoms with E-state index >= 15 is 0 Å². The number of rotatable bonds is 2. The molecule has 2 heterocycles. The van der Waals surface area contributed by atoms with Crippen LogP contribution in [-0.2, 0) is 0 Å². The van der Waals surface area contributed by atoms with Crippen LogP contribution >= 0.6 is 0 Å². The second-order valence-electron chi connectivity index (χ2n) is 5.48. The Balaban J connectivity index is 2.10. The summed E-state index contributed by atoms with van der Waals surface area (Å²) in [7, 11) is 0. The summed E-state index contributed by atoms with van der Waals surface area (Å²) in [6.07, 6.45) is 4.40. The second kappa shape index (κ2) is 3.27. The maximum Gasteiger partial charge on any atom is 0.0133 e. The molecule has 0 aromatic heterocycles. The maximum absolute atomic E-state index is 2.78. The fraction of sp³-hybridized carbons (Fsp3) is 1.00. The Morgan fingerprint density at radius 1 is 1.08 bits per heavy atom. The highest BCUT2D eigenvalue weighted by Crippen LogP contribution is 2.45. The first-order valence-electron chi connectivity index (χ1n) is 5.88. The van der Waals surface area contributed by atoms with Crippen LogP contribution in [-0.4, -0.2) is 23.0 Å². The van der Waals surface area contributed by atoms with Gasteiger partial charge < -0.3 is 0 Å². The normalized spacial score (nSPS) is 39.7. The highest BCUT2D eigenvalue weighted by atomic mass is 15.3. The summed E-state index contributed by atoms with van der Waals surface area (Å²) in [5.74, 6) is 1.87. The van der Waals surface area contributed by atoms with Crippen molar-refractivity contribution < 1.29 is 0 Å². The minimum atomic E-state index is 0.765. The molecule has 13 heavy (non-hydrogen) atoms. The zero-order valence-electron chi connectivity index (χ0n) is 9.46. The molecule has 0 aromatic rings. The van der Waals surface area contributed by atoms with E-state index in [2.05, 4.69) is 32.6 Å². The third-order valence-electron chi connectivity index (χ3n) is 4.09. The van der Waals surface area contributed by atoms with Crippen molar-refractivity contribution in [1.29, 1.82) is 0 Å². The number of hydrogen-bond acceptors (Lipinski definition) is 1. The third-order valence-corrected chi connectivity index (χ3v) is 4.09. The van der Waals surface area contributed by atoms with Gasteiger partial charge >= 0.3 is 0 Å². The van der Waals surface area contributed by atoms with Gasteiger partial charge in [0, 0.05) is 18.1 Å². The monoisotopic (exact) mass is 181 g/mol. The average molecular weight is 181 g/mol. The van der Waals surface area contributed by atoms with Gasteiger partial charge in [0.2, 0.25) is 0 Å². The Labute approximate surface area is 82.5 Å². The molecule has 1 nitrogen and oxygen atoms in total. The number of nitrogens with zero attached hydrogens (tertiary/aromatic N) is 1. The molecule has 2 fully saturated rings. The van der Waals surface area contributed by atoms with Gasteiger partial charge in [-0.1, -0.05) is 13.8 Å². The van der Waals surface area contributed by atoms with Gasteiger partial charge in [0.15, 0.2) is 0 Å². The molecule has 2 saturated heterocycles. The molecule has 3 atom stereocenters. The summed E-state index contributed by atoms with van der Waals surface area (Å²) in [6.45, 7) is 9.50. The van der Waals surface area contributed by atoms with Crippen molar-refractivity contribution in [2.24, 2.45) is 11.8 Å². The van der Waals surface area contributed by atoms with Crippen LogP contribution in [0.15, 0.2) is 0 Å². The molecule has 0 amide bonds. The zero-order valence-corrected chi connectivity index (χ0v) is 9.46. The third kappa shape index (κ3) is 1.41. The van der Waals surface area contributed by atoms with Crippen molar-refractivity contribution in [3.8, 4) is 0 Å². The topological polar surface area (TPSA) is 3.24 Å². The Morgan fingerprint density at radius 2 is 1.77 bits per heavy atom. The first-order chi connectivity index (χ1) is 6.11. The fourth-order valence-corrected chi connectivity index (χ4v) is 3.60. The molecule has 76 valence electrons. The van der Waals surface area contributed by atoms with Crippen LogP contribution < -0.4 is 0 Å². The largest absolute Gasteiger partial charge is 0.295 e. The van der Waals surface area contributed by atoms with Gasteiger partial charge in [0.25, 0.3) is 0 Å². The number of hydrogen-bond donors (Lipinski definition) is 0. The lowest BCUT2D eigenvalue weighted by Gasteiger charge is -2.29. The molecule has 2 aliphatic heterocycles. The minimum Gasteiger partial charge on any atom is -0.295 e. The molecule has 0 radical (unpaired) electrons. The highest BCUT2D eigenvalue weighted by molar-refractivity contribution is 5.01. The van der Waals surface area contributed by atoms with E-state index < -0.39 is 0 Å². The second-order valence-corrected chi connectivity index (χ2v) is 5.48. The van der Waals surface area contributed by atoms with Crippen LogP contribution in [0.25, 0.3) is 0 Å². The Morgan fingerprint density at radius 3 is 2.15 bits per heavy atom. The Bertz CT molecular complexity index is 186. The van der Waals surface area contributed by atoms with Crippen LogP contribution in [0.1, 0.15) is 47.0 Å². The Hall–Kier alpha value is -0.0400. The van der Waals surface area contributed by atoms with E-state index in [0.717, 1.165) is 30.0 Å². The molecular formula is C12H23N. The quantitative estimate of drug-likeness (QED) is 0.633. The van der Waals surface area contributed by atoms with E-state index in [9.17, 15) is 0 Å². The molecule has 0 aliphatic carbocycles. The summed E-state index contributed by atoms with van der Waals surface area (Å²) in [5, 5.41) is 0. The lowest BCUT2D eigenvalue weighted by Crippen LogP contribution is -2.37. The van der Waals surface area contributed by atoms with E-state index in [1.165, 1.54) is 19.3 Å². The van der Waals surface area contributed by atoms with Gasteiger partial charge in [-0.2, -0.15) is 0 Å². The summed E-state index contributed by atoms with van der Waals surface area (Å²) < 4.78 is 0. The van der Waals surface area contributed by atoms with Crippen LogP contribution in [0.2, 0.25) is 0 Å². The summed E-state index contributed by atoms with van der Waals surface area (Å²) in [5.41, 5.74) is 0. The lowest BCUT2D eigenvalue weighted by molar-refractivity contribution is 0.176. The molecular weight excluding hydrogens is 158 g/mol. The van der Waals surface area contributed by atoms with Gasteiger partial charge in [-0.15, -0.1) is 0 Å². The van der Waals surface area contributed by atoms with E-state index in [4.69, 9.17) is 0 Å². The Kier molecular flexibility index (Phi) is 2.39. The van der Waals surface area contributed by atoms with Crippen molar-refractivity contribution in [3.05, 3.63) is 0 Å². The fourth-order valence-electron chi connectivity index (χ4n) is 3.60. The molecule has 1 unspecified atom stereocenters. The van der Waals surface area contributed by atoms with E-state index in [-0.39, 0.29) is 0 Å². The van der Waals surface area contributed by atoms with Gasteiger partial charge in [0.05, 0.1) is 0 Å². The van der Waals surface area contributed by atoms with Gasteiger partial charge in [-0.3, -0.25) is 4.90 Å². The summed E-state index contributed by atoms with van der Waals surface area (Å²) in [4.78, 5) is 2.78. The van der Waals surface area contributed by atoms with E-state index in [1.54, 1.807) is 0 Å². The van der Waals surface area contributed by atoms with E-state index in [0.29, 0.717) is 0 Å². The van der Waals surface area contributed by atoms with Crippen molar-refractivity contribution >= 4 is 0 Å². The molecule has 1 heteroatoms. The van der Waals surface area contributed by atoms with Gasteiger partial charge in [-0.05, 0) is 44.9 Å². The standard InChI is InChI=1S/C12H23N/c1-8(2)11-7-10-5-6-12(11)13(10)9(3)4/h8-12H,5-7H2,1-4H3/t10-,11?,12+/m1/s1. The van der Waals surface area contributed by atoms with Crippen LogP contribution in [0.3, 0.4) is 0 Å². The zero-order chi connectivity index (χ0) is 9.59. The van der Waals surface area contributed by atoms with E-state index in [1.807, 2.05) is 0 Å². The minimum absolute atomic E-state index is 0.765. The van der Waals surface area contributed by atoms with Crippen molar-refractivity contribution in [3.63, 3.8) is 0 Å². The van der Waals surface area contributed by atoms with Gasteiger partial charge in [-0.25, -0.2) is 0 Å². The maximum atomic E-state index is 2.78. The lowest BCUT2D eigenvalue weighted by atomic mass is 9.82. The molecule has 0 aromatic carbocycles.